The minimum atomic E-state index is -0.860. The number of anilines is 1. The number of carboxylic acids is 1. The highest BCUT2D eigenvalue weighted by Gasteiger charge is 2.46. The zero-order valence-corrected chi connectivity index (χ0v) is 21.3. The van der Waals surface area contributed by atoms with Crippen molar-refractivity contribution in [3.05, 3.63) is 59.2 Å². The fourth-order valence-corrected chi connectivity index (χ4v) is 6.43. The van der Waals surface area contributed by atoms with E-state index in [-0.39, 0.29) is 12.1 Å². The topological polar surface area (TPSA) is 56.3 Å². The van der Waals surface area contributed by atoms with Crippen molar-refractivity contribution in [1.29, 1.82) is 0 Å². The molecule has 1 fully saturated rings. The van der Waals surface area contributed by atoms with Gasteiger partial charge in [-0.25, -0.2) is 4.79 Å². The number of para-hydroxylation sites is 1. The normalized spacial score (nSPS) is 24.4. The molecule has 0 amide bonds. The van der Waals surface area contributed by atoms with E-state index in [2.05, 4.69) is 66.2 Å². The van der Waals surface area contributed by atoms with Crippen LogP contribution in [0.4, 0.5) is 5.69 Å². The molecule has 1 aliphatic carbocycles. The van der Waals surface area contributed by atoms with E-state index in [9.17, 15) is 9.90 Å². The van der Waals surface area contributed by atoms with Crippen molar-refractivity contribution in [2.45, 2.75) is 50.1 Å². The summed E-state index contributed by atoms with van der Waals surface area (Å²) in [4.78, 5) is 19.1. The molecule has 0 bridgehead atoms. The first-order chi connectivity index (χ1) is 16.9. The second kappa shape index (κ2) is 10.2. The van der Waals surface area contributed by atoms with Gasteiger partial charge in [-0.2, -0.15) is 0 Å². The van der Waals surface area contributed by atoms with E-state index in [1.54, 1.807) is 6.07 Å². The molecule has 0 spiro atoms. The van der Waals surface area contributed by atoms with Gasteiger partial charge in [-0.05, 0) is 63.7 Å². The number of carbonyl (C=O) groups is 1. The molecular weight excluding hydrogens is 438 g/mol. The van der Waals surface area contributed by atoms with Gasteiger partial charge in [0.15, 0.2) is 0 Å². The summed E-state index contributed by atoms with van der Waals surface area (Å²) in [5.74, 6) is 1.07. The zero-order valence-electron chi connectivity index (χ0n) is 21.3. The molecule has 2 aromatic rings. The lowest BCUT2D eigenvalue weighted by Gasteiger charge is -2.41. The third-order valence-corrected chi connectivity index (χ3v) is 8.38. The lowest BCUT2D eigenvalue weighted by molar-refractivity contribution is 0.0697. The number of ether oxygens (including phenoxy) is 1. The lowest BCUT2D eigenvalue weighted by atomic mass is 9.73. The third kappa shape index (κ3) is 4.78. The minimum absolute atomic E-state index is 0.165. The van der Waals surface area contributed by atoms with Crippen molar-refractivity contribution in [3.8, 4) is 5.75 Å². The SMILES string of the molecule is CN(C)CCN(C)[C@H]1COc2ccccc2C2C(C3CCCCC3)c3ccc(C(=O)O)cc3N2C1. The van der Waals surface area contributed by atoms with Crippen LogP contribution in [0.3, 0.4) is 0 Å². The van der Waals surface area contributed by atoms with Gasteiger partial charge >= 0.3 is 5.97 Å². The van der Waals surface area contributed by atoms with Gasteiger partial charge in [0.2, 0.25) is 0 Å². The van der Waals surface area contributed by atoms with Gasteiger partial charge in [0.25, 0.3) is 0 Å². The van der Waals surface area contributed by atoms with E-state index in [4.69, 9.17) is 4.74 Å². The van der Waals surface area contributed by atoms with Gasteiger partial charge in [-0.3, -0.25) is 4.90 Å². The van der Waals surface area contributed by atoms with Crippen molar-refractivity contribution in [2.24, 2.45) is 5.92 Å². The molecule has 1 N–H and O–H groups in total. The van der Waals surface area contributed by atoms with E-state index in [1.807, 2.05) is 6.07 Å². The molecule has 35 heavy (non-hydrogen) atoms. The monoisotopic (exact) mass is 477 g/mol. The van der Waals surface area contributed by atoms with Crippen molar-refractivity contribution in [2.75, 3.05) is 52.3 Å². The number of rotatable bonds is 6. The molecule has 2 aromatic carbocycles. The number of carboxylic acid groups (broad SMARTS) is 1. The largest absolute Gasteiger partial charge is 0.492 e. The van der Waals surface area contributed by atoms with Gasteiger partial charge in [-0.15, -0.1) is 0 Å². The van der Waals surface area contributed by atoms with Crippen LogP contribution < -0.4 is 9.64 Å². The Hall–Kier alpha value is -2.57. The lowest BCUT2D eigenvalue weighted by Crippen LogP contribution is -2.49. The summed E-state index contributed by atoms with van der Waals surface area (Å²) in [7, 11) is 6.39. The molecule has 3 aliphatic rings. The molecule has 2 heterocycles. The van der Waals surface area contributed by atoms with Crippen LogP contribution in [0.5, 0.6) is 5.75 Å². The van der Waals surface area contributed by atoms with E-state index in [0.717, 1.165) is 31.1 Å². The van der Waals surface area contributed by atoms with Gasteiger partial charge in [-0.1, -0.05) is 43.5 Å². The Labute approximate surface area is 209 Å². The van der Waals surface area contributed by atoms with Crippen LogP contribution in [-0.4, -0.2) is 74.3 Å². The highest BCUT2D eigenvalue weighted by molar-refractivity contribution is 5.90. The Morgan fingerprint density at radius 1 is 1.03 bits per heavy atom. The van der Waals surface area contributed by atoms with Gasteiger partial charge in [0.1, 0.15) is 12.4 Å². The van der Waals surface area contributed by atoms with E-state index in [1.165, 1.54) is 43.2 Å². The fraction of sp³-hybridized carbons (Fsp3) is 0.552. The number of likely N-dealkylation sites (N-methyl/N-ethyl adjacent to an activating group) is 2. The van der Waals surface area contributed by atoms with Crippen LogP contribution in [0.15, 0.2) is 42.5 Å². The second-order valence-corrected chi connectivity index (χ2v) is 10.9. The molecule has 2 aliphatic heterocycles. The van der Waals surface area contributed by atoms with Gasteiger partial charge in [0, 0.05) is 36.8 Å². The number of benzene rings is 2. The van der Waals surface area contributed by atoms with Crippen LogP contribution in [0.25, 0.3) is 0 Å². The van der Waals surface area contributed by atoms with Crippen molar-refractivity contribution in [1.82, 2.24) is 9.80 Å². The molecule has 5 rings (SSSR count). The highest BCUT2D eigenvalue weighted by atomic mass is 16.5. The van der Waals surface area contributed by atoms with Crippen LogP contribution in [0.2, 0.25) is 0 Å². The first kappa shape index (κ1) is 24.1. The van der Waals surface area contributed by atoms with Crippen molar-refractivity contribution in [3.63, 3.8) is 0 Å². The summed E-state index contributed by atoms with van der Waals surface area (Å²) in [5.41, 5.74) is 4.04. The molecule has 6 heteroatoms. The van der Waals surface area contributed by atoms with Crippen LogP contribution in [-0.2, 0) is 0 Å². The number of fused-ring (bicyclic) bond motifs is 5. The number of aromatic carboxylic acids is 1. The predicted molar refractivity (Wildman–Crippen MR) is 140 cm³/mol. The second-order valence-electron chi connectivity index (χ2n) is 10.9. The average molecular weight is 478 g/mol. The first-order valence-electron chi connectivity index (χ1n) is 13.1. The zero-order chi connectivity index (χ0) is 24.5. The van der Waals surface area contributed by atoms with Crippen molar-refractivity contribution < 1.29 is 14.6 Å². The molecule has 3 atom stereocenters. The Bertz CT molecular complexity index is 1050. The van der Waals surface area contributed by atoms with E-state index < -0.39 is 5.97 Å². The maximum Gasteiger partial charge on any atom is 0.335 e. The quantitative estimate of drug-likeness (QED) is 0.641. The fourth-order valence-electron chi connectivity index (χ4n) is 6.43. The predicted octanol–water partition coefficient (Wildman–Crippen LogP) is 4.86. The molecule has 1 saturated carbocycles. The molecule has 0 aromatic heterocycles. The summed E-state index contributed by atoms with van der Waals surface area (Å²) < 4.78 is 6.50. The maximum atomic E-state index is 11.9. The van der Waals surface area contributed by atoms with E-state index >= 15 is 0 Å². The molecule has 2 unspecified atom stereocenters. The Morgan fingerprint density at radius 3 is 2.54 bits per heavy atom. The Morgan fingerprint density at radius 2 is 1.80 bits per heavy atom. The number of hydrogen-bond acceptors (Lipinski definition) is 5. The van der Waals surface area contributed by atoms with Crippen LogP contribution in [0, 0.1) is 5.92 Å². The summed E-state index contributed by atoms with van der Waals surface area (Å²) >= 11 is 0. The minimum Gasteiger partial charge on any atom is -0.492 e. The number of hydrogen-bond donors (Lipinski definition) is 1. The molecule has 0 radical (unpaired) electrons. The Balaban J connectivity index is 1.60. The standard InChI is InChI=1S/C29H39N3O3/c1-30(2)15-16-31(3)22-18-32-25-17-21(29(33)34)13-14-23(25)27(20-9-5-4-6-10-20)28(32)24-11-7-8-12-26(24)35-19-22/h7-8,11-14,17,20,22,27-28H,4-6,9-10,15-16,18-19H2,1-3H3,(H,33,34)/t22-,27?,28?/m1/s1. The van der Waals surface area contributed by atoms with Gasteiger partial charge < -0.3 is 19.6 Å². The third-order valence-electron chi connectivity index (χ3n) is 8.38. The smallest absolute Gasteiger partial charge is 0.335 e. The summed E-state index contributed by atoms with van der Waals surface area (Å²) in [6.45, 7) is 3.38. The van der Waals surface area contributed by atoms with Crippen molar-refractivity contribution >= 4 is 11.7 Å². The molecule has 6 nitrogen and oxygen atoms in total. The highest BCUT2D eigenvalue weighted by Crippen LogP contribution is 2.57. The van der Waals surface area contributed by atoms with Gasteiger partial charge in [0.05, 0.1) is 17.6 Å². The van der Waals surface area contributed by atoms with Crippen LogP contribution >= 0.6 is 0 Å². The molecule has 0 saturated heterocycles. The van der Waals surface area contributed by atoms with Crippen LogP contribution in [0.1, 0.15) is 65.5 Å². The summed E-state index contributed by atoms with van der Waals surface area (Å²) in [6, 6.07) is 14.7. The summed E-state index contributed by atoms with van der Waals surface area (Å²) in [5, 5.41) is 9.80. The summed E-state index contributed by atoms with van der Waals surface area (Å²) in [6.07, 6.45) is 6.37. The Kier molecular flexibility index (Phi) is 7.03. The molecular formula is C29H39N3O3. The average Bonchev–Trinajstić information content (AvgIpc) is 3.16. The number of nitrogens with zero attached hydrogens (tertiary/aromatic N) is 3. The first-order valence-corrected chi connectivity index (χ1v) is 13.1. The maximum absolute atomic E-state index is 11.9. The van der Waals surface area contributed by atoms with E-state index in [0.29, 0.717) is 24.0 Å². The molecule has 188 valence electrons.